The van der Waals surface area contributed by atoms with Crippen LogP contribution in [0.1, 0.15) is 569 Å². The van der Waals surface area contributed by atoms with Gasteiger partial charge in [-0.05, 0) is 142 Å². The van der Waals surface area contributed by atoms with E-state index in [1.807, 2.05) is 0 Å². The van der Waals surface area contributed by atoms with Crippen LogP contribution >= 0.6 is 0 Å². The van der Waals surface area contributed by atoms with E-state index in [9.17, 15) is 5.53 Å². The third kappa shape index (κ3) is 56.3. The van der Waals surface area contributed by atoms with Crippen molar-refractivity contribution in [1.82, 2.24) is 0 Å². The quantitative estimate of drug-likeness (QED) is 0.0358. The molecule has 0 amide bonds. The molecule has 0 N–H and O–H groups in total. The van der Waals surface area contributed by atoms with Gasteiger partial charge in [0.2, 0.25) is 11.4 Å². The van der Waals surface area contributed by atoms with Crippen molar-refractivity contribution in [3.05, 3.63) is 86.0 Å². The topological polar surface area (TPSA) is 25.3 Å². The molecule has 0 fully saturated rings. The van der Waals surface area contributed by atoms with Gasteiger partial charge in [0.1, 0.15) is 0 Å². The maximum absolute atomic E-state index is 12.1. The Kier molecular flexibility index (Phi) is 74.6. The van der Waals surface area contributed by atoms with Gasteiger partial charge in [0.25, 0.3) is 0 Å². The Balaban J connectivity index is 0.000000737. The van der Waals surface area contributed by atoms with Crippen molar-refractivity contribution in [2.24, 2.45) is 0 Å². The van der Waals surface area contributed by atoms with Crippen molar-refractivity contribution < 1.29 is 19.1 Å². The summed E-state index contributed by atoms with van der Waals surface area (Å²) in [5.41, 5.74) is 26.9. The van der Waals surface area contributed by atoms with Gasteiger partial charge >= 0.3 is 166 Å². The number of aryl methyl sites for hydroxylation is 4. The summed E-state index contributed by atoms with van der Waals surface area (Å²) < 4.78 is 1.56. The molecule has 1 aliphatic heterocycles. The predicted molar refractivity (Wildman–Crippen MR) is 487 cm³/mol. The first-order valence-electron chi connectivity index (χ1n) is 50.0. The van der Waals surface area contributed by atoms with E-state index < -0.39 is 0 Å². The summed E-state index contributed by atoms with van der Waals surface area (Å²) in [7, 11) is 0. The summed E-state index contributed by atoms with van der Waals surface area (Å²) in [6.07, 6.45) is 112. The molecule has 0 unspecified atom stereocenters. The molecule has 0 saturated heterocycles. The molecule has 2 aromatic rings. The zero-order valence-corrected chi connectivity index (χ0v) is 76.2. The molecule has 108 heavy (non-hydrogen) atoms. The van der Waals surface area contributed by atoms with Crippen molar-refractivity contribution in [1.29, 1.82) is 0 Å². The minimum absolute atomic E-state index is 0.950. The monoisotopic (exact) mass is 1540 g/mol. The summed E-state index contributed by atoms with van der Waals surface area (Å²) in [4.78, 5) is 0. The van der Waals surface area contributed by atoms with E-state index >= 15 is 0 Å². The van der Waals surface area contributed by atoms with Gasteiger partial charge in [0.15, 0.2) is 0 Å². The summed E-state index contributed by atoms with van der Waals surface area (Å²) >= 11 is 2.05. The van der Waals surface area contributed by atoms with Gasteiger partial charge in [-0.25, -0.2) is 4.70 Å². The van der Waals surface area contributed by atoms with Crippen molar-refractivity contribution in [2.75, 3.05) is 0 Å². The molecule has 1 heterocycles. The maximum atomic E-state index is 12.1. The molecule has 0 saturated carbocycles. The molecule has 632 valence electrons. The summed E-state index contributed by atoms with van der Waals surface area (Å²) in [5.74, 6) is 0. The van der Waals surface area contributed by atoms with Crippen LogP contribution in [-0.4, -0.2) is 4.70 Å². The fourth-order valence-corrected chi connectivity index (χ4v) is 18.5. The molecule has 3 heteroatoms. The first kappa shape index (κ1) is 102. The van der Waals surface area contributed by atoms with Gasteiger partial charge in [0, 0.05) is 22.8 Å². The molecular weight excluding hydrogens is 1350 g/mol. The van der Waals surface area contributed by atoms with Crippen LogP contribution in [0.15, 0.2) is 35.9 Å². The van der Waals surface area contributed by atoms with E-state index in [1.54, 1.807) is 15.8 Å². The Bertz CT molecular complexity index is 2220. The minimum Gasteiger partial charge on any atom is -0.493 e. The van der Waals surface area contributed by atoms with Crippen LogP contribution in [0.5, 0.6) is 0 Å². The standard InChI is InChI=1S/C49H78N2.2C28H57.Ni/c1-8-14-20-22-24-26-32-46-40(28-16-10-3)35-44(36-41(46)29-17-11-4)48-34-39(7)49(51(48)50)45-37-42(30-18-12-5)47(43(38-45)31-19-13-6)33-27-25-23-21-15-9-2;2*1-3-5-7-9-11-13-15-17-19-21-23-25-27-28-26-24-22-20-18-16-14-12-10-8-6-4-2;/h34-38H,8-33H2,1-7H3;2*1,3-28H2,2H3;. The summed E-state index contributed by atoms with van der Waals surface area (Å²) in [5, 5.41) is 2.87. The second kappa shape index (κ2) is 78.9. The number of hydrogen-bond donors (Lipinski definition) is 0. The summed E-state index contributed by atoms with van der Waals surface area (Å²) in [6, 6.07) is 9.82. The number of hydrogen-bond acceptors (Lipinski definition) is 0. The van der Waals surface area contributed by atoms with Crippen molar-refractivity contribution >= 4 is 11.4 Å². The van der Waals surface area contributed by atoms with Crippen molar-refractivity contribution in [3.63, 3.8) is 0 Å². The molecule has 3 rings (SSSR count). The van der Waals surface area contributed by atoms with Crippen molar-refractivity contribution in [3.8, 4) is 0 Å². The van der Waals surface area contributed by atoms with Crippen LogP contribution < -0.4 is 0 Å². The van der Waals surface area contributed by atoms with Gasteiger partial charge < -0.3 is 5.53 Å². The van der Waals surface area contributed by atoms with Crippen LogP contribution in [0, 0.1) is 0 Å². The summed E-state index contributed by atoms with van der Waals surface area (Å²) in [6.45, 7) is 20.7. The number of rotatable bonds is 82. The van der Waals surface area contributed by atoms with Gasteiger partial charge in [-0.15, -0.1) is 0 Å². The first-order chi connectivity index (χ1) is 53.3. The fourth-order valence-electron chi connectivity index (χ4n) is 17.3. The molecule has 1 aliphatic rings. The molecule has 0 spiro atoms. The van der Waals surface area contributed by atoms with E-state index in [0.717, 1.165) is 37.1 Å². The van der Waals surface area contributed by atoms with E-state index in [2.05, 4.69) is 107 Å². The second-order valence-corrected chi connectivity index (χ2v) is 36.5. The number of unbranched alkanes of at least 4 members (excludes halogenated alkanes) is 64. The Morgan fingerprint density at radius 3 is 0.620 bits per heavy atom. The molecule has 2 aromatic carbocycles. The van der Waals surface area contributed by atoms with E-state index in [4.69, 9.17) is 0 Å². The molecule has 0 aliphatic carbocycles. The fraction of sp³-hybridized carbons (Fsp3) is 0.848. The van der Waals surface area contributed by atoms with Gasteiger partial charge in [0.05, 0.1) is 0 Å². The minimum atomic E-state index is 0.950. The molecule has 2 nitrogen and oxygen atoms in total. The Morgan fingerprint density at radius 2 is 0.407 bits per heavy atom. The second-order valence-electron chi connectivity index (χ2n) is 35.0. The first-order valence-corrected chi connectivity index (χ1v) is 51.4. The Hall–Kier alpha value is -1.99. The van der Waals surface area contributed by atoms with Crippen LogP contribution in [-0.2, 0) is 53.0 Å². The van der Waals surface area contributed by atoms with E-state index in [0.29, 0.717) is 0 Å². The molecule has 0 radical (unpaired) electrons. The number of allylic oxidation sites excluding steroid dienone is 2. The predicted octanol–water partition coefficient (Wildman–Crippen LogP) is 37.9. The van der Waals surface area contributed by atoms with Gasteiger partial charge in [-0.2, -0.15) is 0 Å². The van der Waals surface area contributed by atoms with E-state index in [1.165, 1.54) is 525 Å². The van der Waals surface area contributed by atoms with Crippen molar-refractivity contribution in [2.45, 2.75) is 574 Å². The van der Waals surface area contributed by atoms with E-state index in [-0.39, 0.29) is 0 Å². The zero-order valence-electron chi connectivity index (χ0n) is 75.2. The Labute approximate surface area is 685 Å². The average Bonchev–Trinajstić information content (AvgIpc) is 1.58. The molecule has 0 atom stereocenters. The normalized spacial score (nSPS) is 12.4. The number of nitrogens with zero attached hydrogens (tertiary/aromatic N) is 2. The van der Waals surface area contributed by atoms with Gasteiger partial charge in [-0.3, -0.25) is 0 Å². The molecular formula is C105H192N2Ni. The SMILES string of the molecule is CCCCCCCCCCCCCCCCCCCCCCCCCCC[CH2][Ni][CH2]CCCCCCCCCCCCCCCCCCCCCCCCCCC.CCCCCCCCc1c(CCCC)cc(C2=CC(C)=C(c3cc(CCCC)c(CCCCCCCC)c(CCCC)c3)[N+]2=[N-])cc1CCCC. The van der Waals surface area contributed by atoms with Crippen LogP contribution in [0.3, 0.4) is 0 Å². The van der Waals surface area contributed by atoms with Gasteiger partial charge in [-0.1, -0.05) is 338 Å². The number of benzene rings is 2. The third-order valence-corrected chi connectivity index (χ3v) is 25.9. The van der Waals surface area contributed by atoms with Crippen LogP contribution in [0.25, 0.3) is 16.9 Å². The third-order valence-electron chi connectivity index (χ3n) is 24.5. The smallest absolute Gasteiger partial charge is 0.493 e. The Morgan fingerprint density at radius 1 is 0.222 bits per heavy atom. The average molecular weight is 1540 g/mol. The van der Waals surface area contributed by atoms with Crippen LogP contribution in [0.4, 0.5) is 0 Å². The van der Waals surface area contributed by atoms with Crippen LogP contribution in [0.2, 0.25) is 10.8 Å². The molecule has 0 aromatic heterocycles. The zero-order chi connectivity index (χ0) is 77.7. The molecule has 0 bridgehead atoms.